The van der Waals surface area contributed by atoms with Crippen LogP contribution in [0.4, 0.5) is 11.4 Å². The number of carbonyl (C=O) groups is 3. The normalized spacial score (nSPS) is 10.1. The molecule has 1 N–H and O–H groups in total. The topological polar surface area (TPSA) is 119 Å². The molecule has 0 radical (unpaired) electrons. The first-order chi connectivity index (χ1) is 12.3. The minimum Gasteiger partial charge on any atom is -0.452 e. The summed E-state index contributed by atoms with van der Waals surface area (Å²) in [6.07, 6.45) is 0. The number of amides is 2. The fraction of sp³-hybridized carbons (Fsp3) is 0.188. The number of rotatable bonds is 6. The van der Waals surface area contributed by atoms with E-state index in [-0.39, 0.29) is 11.3 Å². The highest BCUT2D eigenvalue weighted by atomic mass is 32.1. The van der Waals surface area contributed by atoms with Gasteiger partial charge in [-0.1, -0.05) is 6.07 Å². The number of nitrogens with zero attached hydrogens (tertiary/aromatic N) is 2. The Hall–Kier alpha value is -3.27. The molecule has 10 heteroatoms. The van der Waals surface area contributed by atoms with Gasteiger partial charge in [-0.25, -0.2) is 4.79 Å². The molecule has 1 aromatic carbocycles. The molecule has 0 spiro atoms. The van der Waals surface area contributed by atoms with Crippen LogP contribution in [0.1, 0.15) is 20.0 Å². The van der Waals surface area contributed by atoms with Crippen LogP contribution in [0.3, 0.4) is 0 Å². The van der Waals surface area contributed by atoms with Gasteiger partial charge < -0.3 is 9.64 Å². The first-order valence-corrected chi connectivity index (χ1v) is 8.18. The van der Waals surface area contributed by atoms with Gasteiger partial charge in [0.05, 0.1) is 21.1 Å². The molecule has 26 heavy (non-hydrogen) atoms. The monoisotopic (exact) mass is 377 g/mol. The number of non-ortho nitro benzene ring substituents is 1. The molecule has 136 valence electrons. The summed E-state index contributed by atoms with van der Waals surface area (Å²) in [5, 5.41) is 14.7. The van der Waals surface area contributed by atoms with E-state index in [0.717, 1.165) is 17.4 Å². The Morgan fingerprint density at radius 2 is 2.00 bits per heavy atom. The second-order valence-corrected chi connectivity index (χ2v) is 6.23. The van der Waals surface area contributed by atoms with E-state index in [1.807, 2.05) is 0 Å². The number of nitro groups is 1. The number of anilines is 1. The van der Waals surface area contributed by atoms with E-state index in [0.29, 0.717) is 10.6 Å². The third-order valence-corrected chi connectivity index (χ3v) is 4.09. The van der Waals surface area contributed by atoms with E-state index in [4.69, 9.17) is 4.74 Å². The predicted octanol–water partition coefficient (Wildman–Crippen LogP) is 1.84. The number of carbonyl (C=O) groups excluding carboxylic acids is 3. The van der Waals surface area contributed by atoms with Gasteiger partial charge in [0.25, 0.3) is 17.5 Å². The maximum absolute atomic E-state index is 12.2. The van der Waals surface area contributed by atoms with Gasteiger partial charge in [-0.3, -0.25) is 25.0 Å². The highest BCUT2D eigenvalue weighted by Crippen LogP contribution is 2.24. The van der Waals surface area contributed by atoms with Gasteiger partial charge in [-0.2, -0.15) is 0 Å². The van der Waals surface area contributed by atoms with E-state index in [1.165, 1.54) is 12.1 Å². The molecular weight excluding hydrogens is 362 g/mol. The van der Waals surface area contributed by atoms with Crippen LogP contribution in [0.15, 0.2) is 35.7 Å². The van der Waals surface area contributed by atoms with Crippen molar-refractivity contribution in [1.82, 2.24) is 5.32 Å². The van der Waals surface area contributed by atoms with Crippen LogP contribution in [0.2, 0.25) is 0 Å². The second-order valence-electron chi connectivity index (χ2n) is 5.28. The van der Waals surface area contributed by atoms with Crippen molar-refractivity contribution in [3.8, 4) is 0 Å². The van der Waals surface area contributed by atoms with E-state index in [9.17, 15) is 24.5 Å². The first-order valence-electron chi connectivity index (χ1n) is 7.30. The quantitative estimate of drug-likeness (QED) is 0.463. The average molecular weight is 377 g/mol. The molecule has 0 bridgehead atoms. The van der Waals surface area contributed by atoms with Gasteiger partial charge >= 0.3 is 5.97 Å². The predicted molar refractivity (Wildman–Crippen MR) is 94.5 cm³/mol. The summed E-state index contributed by atoms with van der Waals surface area (Å²) in [5.74, 6) is -2.30. The fourth-order valence-electron chi connectivity index (χ4n) is 2.03. The Kier molecular flexibility index (Phi) is 6.02. The van der Waals surface area contributed by atoms with Crippen molar-refractivity contribution < 1.29 is 24.0 Å². The van der Waals surface area contributed by atoms with E-state index in [1.54, 1.807) is 36.5 Å². The summed E-state index contributed by atoms with van der Waals surface area (Å²) in [4.78, 5) is 47.9. The summed E-state index contributed by atoms with van der Waals surface area (Å²) in [6.45, 7) is -0.689. The van der Waals surface area contributed by atoms with Crippen LogP contribution in [-0.4, -0.2) is 43.4 Å². The molecule has 0 atom stereocenters. The number of benzene rings is 1. The summed E-state index contributed by atoms with van der Waals surface area (Å²) in [5.41, 5.74) is 0.0668. The zero-order valence-corrected chi connectivity index (χ0v) is 14.7. The van der Waals surface area contributed by atoms with E-state index >= 15 is 0 Å². The molecular formula is C16H15N3O6S. The largest absolute Gasteiger partial charge is 0.452 e. The van der Waals surface area contributed by atoms with Crippen LogP contribution in [-0.2, 0) is 9.53 Å². The molecule has 0 aliphatic carbocycles. The van der Waals surface area contributed by atoms with Gasteiger partial charge in [0.2, 0.25) is 0 Å². The van der Waals surface area contributed by atoms with Crippen molar-refractivity contribution in [3.05, 3.63) is 56.3 Å². The lowest BCUT2D eigenvalue weighted by Gasteiger charge is -2.16. The van der Waals surface area contributed by atoms with Crippen LogP contribution < -0.4 is 10.2 Å². The molecule has 2 amide bonds. The van der Waals surface area contributed by atoms with Gasteiger partial charge in [0.1, 0.15) is 0 Å². The lowest BCUT2D eigenvalue weighted by molar-refractivity contribution is -0.384. The Labute approximate surface area is 152 Å². The van der Waals surface area contributed by atoms with Crippen LogP contribution in [0.25, 0.3) is 0 Å². The molecule has 0 fully saturated rings. The van der Waals surface area contributed by atoms with Crippen molar-refractivity contribution in [2.45, 2.75) is 0 Å². The van der Waals surface area contributed by atoms with Crippen LogP contribution >= 0.6 is 11.3 Å². The maximum atomic E-state index is 12.2. The van der Waals surface area contributed by atoms with Gasteiger partial charge in [0, 0.05) is 26.2 Å². The van der Waals surface area contributed by atoms with Crippen LogP contribution in [0, 0.1) is 10.1 Å². The molecule has 0 aliphatic heterocycles. The Bertz CT molecular complexity index is 848. The SMILES string of the molecule is CN(C)c1ccc([N+](=O)[O-])cc1C(=O)OCC(=O)NC(=O)c1cccs1. The molecule has 2 rings (SSSR count). The summed E-state index contributed by atoms with van der Waals surface area (Å²) < 4.78 is 4.88. The molecule has 0 unspecified atom stereocenters. The number of nitro benzene ring substituents is 1. The molecule has 0 saturated heterocycles. The highest BCUT2D eigenvalue weighted by molar-refractivity contribution is 7.12. The van der Waals surface area contributed by atoms with Crippen molar-refractivity contribution in [1.29, 1.82) is 0 Å². The highest BCUT2D eigenvalue weighted by Gasteiger charge is 2.20. The number of nitrogens with one attached hydrogen (secondary N) is 1. The maximum Gasteiger partial charge on any atom is 0.341 e. The Balaban J connectivity index is 2.05. The van der Waals surface area contributed by atoms with E-state index < -0.39 is 29.3 Å². The van der Waals surface area contributed by atoms with E-state index in [2.05, 4.69) is 5.32 Å². The van der Waals surface area contributed by atoms with Crippen LogP contribution in [0.5, 0.6) is 0 Å². The van der Waals surface area contributed by atoms with Gasteiger partial charge in [-0.15, -0.1) is 11.3 Å². The number of ether oxygens (including phenoxy) is 1. The fourth-order valence-corrected chi connectivity index (χ4v) is 2.65. The molecule has 1 heterocycles. The van der Waals surface area contributed by atoms with Gasteiger partial charge in [-0.05, 0) is 17.5 Å². The van der Waals surface area contributed by atoms with Crippen molar-refractivity contribution in [2.75, 3.05) is 25.6 Å². The number of esters is 1. The van der Waals surface area contributed by atoms with Gasteiger partial charge in [0.15, 0.2) is 6.61 Å². The average Bonchev–Trinajstić information content (AvgIpc) is 3.13. The number of hydrogen-bond donors (Lipinski definition) is 1. The number of thiophene rings is 1. The summed E-state index contributed by atoms with van der Waals surface area (Å²) >= 11 is 1.16. The number of imide groups is 1. The Morgan fingerprint density at radius 1 is 1.27 bits per heavy atom. The molecule has 0 saturated carbocycles. The minimum atomic E-state index is -0.906. The smallest absolute Gasteiger partial charge is 0.341 e. The summed E-state index contributed by atoms with van der Waals surface area (Å²) in [6, 6.07) is 6.96. The molecule has 1 aromatic heterocycles. The zero-order valence-electron chi connectivity index (χ0n) is 13.9. The molecule has 0 aliphatic rings. The third kappa shape index (κ3) is 4.63. The van der Waals surface area contributed by atoms with Crippen molar-refractivity contribution >= 4 is 40.5 Å². The lowest BCUT2D eigenvalue weighted by atomic mass is 10.1. The second kappa shape index (κ2) is 8.21. The lowest BCUT2D eigenvalue weighted by Crippen LogP contribution is -2.33. The van der Waals surface area contributed by atoms with Crippen molar-refractivity contribution in [2.24, 2.45) is 0 Å². The van der Waals surface area contributed by atoms with Crippen molar-refractivity contribution in [3.63, 3.8) is 0 Å². The first kappa shape index (κ1) is 19.1. The molecule has 9 nitrogen and oxygen atoms in total. The minimum absolute atomic E-state index is 0.0541. The summed E-state index contributed by atoms with van der Waals surface area (Å²) in [7, 11) is 3.31. The number of hydrogen-bond acceptors (Lipinski definition) is 8. The Morgan fingerprint density at radius 3 is 2.58 bits per heavy atom. The zero-order chi connectivity index (χ0) is 19.3. The third-order valence-electron chi connectivity index (χ3n) is 3.22. The molecule has 2 aromatic rings. The standard InChI is InChI=1S/C16H15N3O6S/c1-18(2)12-6-5-10(19(23)24)8-11(12)16(22)25-9-14(20)17-15(21)13-4-3-7-26-13/h3-8H,9H2,1-2H3,(H,17,20,21).